The predicted molar refractivity (Wildman–Crippen MR) is 140 cm³/mol. The first-order valence-corrected chi connectivity index (χ1v) is 13.3. The molecule has 0 spiro atoms. The van der Waals surface area contributed by atoms with Gasteiger partial charge in [-0.3, -0.25) is 4.79 Å². The van der Waals surface area contributed by atoms with Gasteiger partial charge in [-0.2, -0.15) is 0 Å². The lowest BCUT2D eigenvalue weighted by molar-refractivity contribution is 0.0832. The highest BCUT2D eigenvalue weighted by atomic mass is 19.1. The van der Waals surface area contributed by atoms with Crippen LogP contribution in [0.2, 0.25) is 0 Å². The summed E-state index contributed by atoms with van der Waals surface area (Å²) in [5.41, 5.74) is 1.38. The maximum atomic E-state index is 13.1. The molecule has 2 aromatic rings. The first kappa shape index (κ1) is 26.1. The zero-order chi connectivity index (χ0) is 25.3. The Bertz CT molecular complexity index is 980. The molecule has 6 nitrogen and oxygen atoms in total. The van der Waals surface area contributed by atoms with E-state index in [1.807, 2.05) is 31.2 Å². The van der Waals surface area contributed by atoms with Crippen molar-refractivity contribution >= 4 is 17.5 Å². The van der Waals surface area contributed by atoms with Crippen molar-refractivity contribution in [2.45, 2.75) is 57.9 Å². The lowest BCUT2D eigenvalue weighted by Crippen LogP contribution is -2.41. The number of Topliss-reactive ketones (excluding diaryl/α,β-unsaturated/α-hetero) is 1. The number of ketones is 1. The highest BCUT2D eigenvalue weighted by Crippen LogP contribution is 2.28. The Balaban J connectivity index is 1.10. The van der Waals surface area contributed by atoms with Crippen molar-refractivity contribution in [1.29, 1.82) is 0 Å². The van der Waals surface area contributed by atoms with E-state index in [2.05, 4.69) is 15.5 Å². The summed E-state index contributed by atoms with van der Waals surface area (Å²) in [6.07, 6.45) is 7.20. The van der Waals surface area contributed by atoms with Gasteiger partial charge in [0.25, 0.3) is 0 Å². The number of carbonyl (C=O) groups excluding carboxylic acids is 2. The summed E-state index contributed by atoms with van der Waals surface area (Å²) in [7, 11) is 0. The molecule has 0 radical (unpaired) electrons. The van der Waals surface area contributed by atoms with E-state index < -0.39 is 0 Å². The van der Waals surface area contributed by atoms with Crippen LogP contribution in [0.1, 0.15) is 62.2 Å². The third-order valence-electron chi connectivity index (χ3n) is 7.55. The Hall–Kier alpha value is -2.93. The molecule has 4 rings (SSSR count). The van der Waals surface area contributed by atoms with Crippen LogP contribution in [0.5, 0.6) is 5.75 Å². The number of anilines is 1. The highest BCUT2D eigenvalue weighted by molar-refractivity contribution is 5.97. The summed E-state index contributed by atoms with van der Waals surface area (Å²) in [6, 6.07) is 13.4. The largest absolute Gasteiger partial charge is 0.494 e. The molecule has 7 heteroatoms. The fraction of sp³-hybridized carbons (Fsp3) is 0.517. The monoisotopic (exact) mass is 495 g/mol. The standard InChI is InChI=1S/C29H38FN3O3/c1-2-36-27-13-11-26(12-14-27)32-29(35)31-25-9-3-21(4-10-25)15-18-33-19-16-23(17-20-33)28(34)22-5-7-24(30)8-6-22/h5-8,11-14,21,23,25H,2-4,9-10,15-20H2,1H3,(H2,31,32,35). The second-order valence-electron chi connectivity index (χ2n) is 10.0. The molecular formula is C29H38FN3O3. The molecule has 2 aromatic carbocycles. The Morgan fingerprint density at radius 1 is 0.944 bits per heavy atom. The van der Waals surface area contributed by atoms with Gasteiger partial charge in [0.1, 0.15) is 11.6 Å². The van der Waals surface area contributed by atoms with E-state index in [-0.39, 0.29) is 29.6 Å². The third-order valence-corrected chi connectivity index (χ3v) is 7.55. The number of hydrogen-bond acceptors (Lipinski definition) is 4. The Morgan fingerprint density at radius 3 is 2.25 bits per heavy atom. The lowest BCUT2D eigenvalue weighted by atomic mass is 9.83. The summed E-state index contributed by atoms with van der Waals surface area (Å²) in [5, 5.41) is 6.03. The smallest absolute Gasteiger partial charge is 0.319 e. The van der Waals surface area contributed by atoms with Gasteiger partial charge in [0.15, 0.2) is 5.78 Å². The maximum absolute atomic E-state index is 13.1. The number of benzene rings is 2. The number of nitrogens with one attached hydrogen (secondary N) is 2. The van der Waals surface area contributed by atoms with Gasteiger partial charge in [0, 0.05) is 23.2 Å². The average Bonchev–Trinajstić information content (AvgIpc) is 2.90. The Morgan fingerprint density at radius 2 is 1.61 bits per heavy atom. The first-order valence-electron chi connectivity index (χ1n) is 13.3. The lowest BCUT2D eigenvalue weighted by Gasteiger charge is -2.34. The van der Waals surface area contributed by atoms with Crippen LogP contribution in [0, 0.1) is 17.7 Å². The summed E-state index contributed by atoms with van der Waals surface area (Å²) >= 11 is 0. The van der Waals surface area contributed by atoms with Crippen molar-refractivity contribution in [2.75, 3.05) is 31.6 Å². The van der Waals surface area contributed by atoms with Crippen molar-refractivity contribution in [3.63, 3.8) is 0 Å². The van der Waals surface area contributed by atoms with E-state index in [9.17, 15) is 14.0 Å². The van der Waals surface area contributed by atoms with Crippen LogP contribution in [0.3, 0.4) is 0 Å². The number of ether oxygens (including phenoxy) is 1. The molecule has 2 amide bonds. The third kappa shape index (κ3) is 7.53. The molecule has 2 aliphatic rings. The minimum Gasteiger partial charge on any atom is -0.494 e. The van der Waals surface area contributed by atoms with Crippen molar-refractivity contribution in [2.24, 2.45) is 11.8 Å². The summed E-state index contributed by atoms with van der Waals surface area (Å²) in [4.78, 5) is 27.5. The number of rotatable bonds is 9. The number of carbonyl (C=O) groups is 2. The van der Waals surface area contributed by atoms with Gasteiger partial charge in [-0.15, -0.1) is 0 Å². The van der Waals surface area contributed by atoms with Gasteiger partial charge in [-0.1, -0.05) is 0 Å². The van der Waals surface area contributed by atoms with Crippen LogP contribution >= 0.6 is 0 Å². The fourth-order valence-electron chi connectivity index (χ4n) is 5.38. The van der Waals surface area contributed by atoms with Crippen molar-refractivity contribution in [3.05, 3.63) is 59.9 Å². The number of likely N-dealkylation sites (tertiary alicyclic amines) is 1. The van der Waals surface area contributed by atoms with Gasteiger partial charge in [0.05, 0.1) is 6.61 Å². The van der Waals surface area contributed by atoms with Crippen LogP contribution in [-0.2, 0) is 0 Å². The molecule has 0 unspecified atom stereocenters. The maximum Gasteiger partial charge on any atom is 0.319 e. The van der Waals surface area contributed by atoms with Gasteiger partial charge in [-0.05, 0) is 126 Å². The minimum atomic E-state index is -0.307. The second kappa shape index (κ2) is 12.9. The quantitative estimate of drug-likeness (QED) is 0.426. The van der Waals surface area contributed by atoms with Crippen LogP contribution in [0.4, 0.5) is 14.9 Å². The van der Waals surface area contributed by atoms with Crippen LogP contribution in [0.15, 0.2) is 48.5 Å². The Kier molecular flexibility index (Phi) is 9.34. The molecule has 2 N–H and O–H groups in total. The number of nitrogens with zero attached hydrogens (tertiary/aromatic N) is 1. The number of piperidine rings is 1. The molecule has 0 atom stereocenters. The van der Waals surface area contributed by atoms with E-state index in [4.69, 9.17) is 4.74 Å². The molecular weight excluding hydrogens is 457 g/mol. The molecule has 1 saturated carbocycles. The van der Waals surface area contributed by atoms with Crippen LogP contribution in [0.25, 0.3) is 0 Å². The summed E-state index contributed by atoms with van der Waals surface area (Å²) in [5.74, 6) is 1.37. The first-order chi connectivity index (χ1) is 17.5. The van der Waals surface area contributed by atoms with Crippen molar-refractivity contribution < 1.29 is 18.7 Å². The average molecular weight is 496 g/mol. The molecule has 1 heterocycles. The normalized spacial score (nSPS) is 21.1. The zero-order valence-electron chi connectivity index (χ0n) is 21.2. The summed E-state index contributed by atoms with van der Waals surface area (Å²) in [6.45, 7) is 5.52. The van der Waals surface area contributed by atoms with Gasteiger partial charge in [-0.25, -0.2) is 9.18 Å². The van der Waals surface area contributed by atoms with Crippen LogP contribution in [-0.4, -0.2) is 49.0 Å². The van der Waals surface area contributed by atoms with E-state index in [1.165, 1.54) is 18.6 Å². The molecule has 194 valence electrons. The van der Waals surface area contributed by atoms with Crippen LogP contribution < -0.4 is 15.4 Å². The zero-order valence-corrected chi connectivity index (χ0v) is 21.2. The SMILES string of the molecule is CCOc1ccc(NC(=O)NC2CCC(CCN3CCC(C(=O)c4ccc(F)cc4)CC3)CC2)cc1. The number of amides is 2. The van der Waals surface area contributed by atoms with E-state index in [0.29, 0.717) is 18.1 Å². The van der Waals surface area contributed by atoms with Gasteiger partial charge < -0.3 is 20.3 Å². The molecule has 1 aliphatic carbocycles. The van der Waals surface area contributed by atoms with E-state index >= 15 is 0 Å². The minimum absolute atomic E-state index is 0.0435. The van der Waals surface area contributed by atoms with Gasteiger partial charge in [0.2, 0.25) is 0 Å². The Labute approximate surface area is 213 Å². The van der Waals surface area contributed by atoms with Gasteiger partial charge >= 0.3 is 6.03 Å². The fourth-order valence-corrected chi connectivity index (χ4v) is 5.38. The second-order valence-corrected chi connectivity index (χ2v) is 10.0. The molecule has 1 aliphatic heterocycles. The van der Waals surface area contributed by atoms with Crippen molar-refractivity contribution in [3.8, 4) is 5.75 Å². The molecule has 36 heavy (non-hydrogen) atoms. The molecule has 1 saturated heterocycles. The molecule has 0 bridgehead atoms. The number of halogens is 1. The molecule has 0 aromatic heterocycles. The number of hydrogen-bond donors (Lipinski definition) is 2. The van der Waals surface area contributed by atoms with Crippen molar-refractivity contribution in [1.82, 2.24) is 10.2 Å². The highest BCUT2D eigenvalue weighted by Gasteiger charge is 2.27. The van der Waals surface area contributed by atoms with E-state index in [1.54, 1.807) is 12.1 Å². The summed E-state index contributed by atoms with van der Waals surface area (Å²) < 4.78 is 18.6. The topological polar surface area (TPSA) is 70.7 Å². The molecule has 2 fully saturated rings. The predicted octanol–water partition coefficient (Wildman–Crippen LogP) is 5.89. The van der Waals surface area contributed by atoms with E-state index in [0.717, 1.165) is 69.6 Å². The number of urea groups is 1.